The van der Waals surface area contributed by atoms with E-state index in [0.29, 0.717) is 24.2 Å². The molecule has 1 rings (SSSR count). The van der Waals surface area contributed by atoms with Gasteiger partial charge in [0.15, 0.2) is 6.29 Å². The lowest BCUT2D eigenvalue weighted by Crippen LogP contribution is -1.93. The van der Waals surface area contributed by atoms with Crippen LogP contribution in [0.25, 0.3) is 12.2 Å². The topological polar surface area (TPSA) is 59.4 Å². The molecule has 1 aromatic heterocycles. The van der Waals surface area contributed by atoms with Gasteiger partial charge in [0.25, 0.3) is 0 Å². The molecule has 0 spiro atoms. The molecule has 4 heteroatoms. The van der Waals surface area contributed by atoms with E-state index in [4.69, 9.17) is 0 Å². The summed E-state index contributed by atoms with van der Waals surface area (Å²) >= 11 is 0. The Hall–Kier alpha value is -2.20. The van der Waals surface area contributed by atoms with E-state index in [9.17, 15) is 9.90 Å². The molecule has 0 aliphatic heterocycles. The number of ether oxygens (including phenoxy) is 1. The minimum Gasteiger partial charge on any atom is -0.506 e. The van der Waals surface area contributed by atoms with Gasteiger partial charge in [-0.2, -0.15) is 0 Å². The summed E-state index contributed by atoms with van der Waals surface area (Å²) in [4.78, 5) is 14.3. The van der Waals surface area contributed by atoms with Crippen molar-refractivity contribution in [2.24, 2.45) is 0 Å². The van der Waals surface area contributed by atoms with Crippen molar-refractivity contribution in [1.82, 2.24) is 4.98 Å². The van der Waals surface area contributed by atoms with Crippen molar-refractivity contribution in [1.29, 1.82) is 0 Å². The maximum atomic E-state index is 10.4. The zero-order chi connectivity index (χ0) is 16.0. The summed E-state index contributed by atoms with van der Waals surface area (Å²) < 4.78 is 4.57. The van der Waals surface area contributed by atoms with Gasteiger partial charge in [-0.05, 0) is 12.1 Å². The van der Waals surface area contributed by atoms with Crippen LogP contribution in [0.5, 0.6) is 5.75 Å². The van der Waals surface area contributed by atoms with Crippen LogP contribution in [-0.2, 0) is 4.74 Å². The van der Waals surface area contributed by atoms with Crippen LogP contribution in [0.2, 0.25) is 0 Å². The van der Waals surface area contributed by atoms with Crippen LogP contribution in [0, 0.1) is 0 Å². The highest BCUT2D eigenvalue weighted by Crippen LogP contribution is 2.19. The highest BCUT2D eigenvalue weighted by molar-refractivity contribution is 5.78. The Morgan fingerprint density at radius 1 is 1.25 bits per heavy atom. The highest BCUT2D eigenvalue weighted by atomic mass is 16.5. The van der Waals surface area contributed by atoms with E-state index in [0.717, 1.165) is 0 Å². The normalized spacial score (nSPS) is 8.15. The third-order valence-electron chi connectivity index (χ3n) is 1.90. The standard InChI is InChI=1S/C10H9NO2.C4H8O.C2H6/c1-3-7-5-10(13)9(6-12)11-8(7)4-2;1-3-4-5-2;1-2/h3-6,13H,1-2H2;3H,1,4H2,2H3;1-2H3. The molecule has 20 heavy (non-hydrogen) atoms. The number of rotatable bonds is 5. The van der Waals surface area contributed by atoms with Crippen LogP contribution in [0.15, 0.2) is 31.9 Å². The first-order valence-electron chi connectivity index (χ1n) is 6.18. The summed E-state index contributed by atoms with van der Waals surface area (Å²) in [6.45, 7) is 15.2. The van der Waals surface area contributed by atoms with Gasteiger partial charge in [0, 0.05) is 12.7 Å². The molecule has 0 amide bonds. The van der Waals surface area contributed by atoms with E-state index in [2.05, 4.69) is 29.5 Å². The molecule has 0 aromatic carbocycles. The zero-order valence-electron chi connectivity index (χ0n) is 12.4. The molecule has 0 fully saturated rings. The van der Waals surface area contributed by atoms with Crippen LogP contribution < -0.4 is 0 Å². The van der Waals surface area contributed by atoms with Crippen molar-refractivity contribution in [3.8, 4) is 5.75 Å². The Bertz CT molecular complexity index is 440. The molecule has 0 saturated carbocycles. The molecule has 0 atom stereocenters. The monoisotopic (exact) mass is 277 g/mol. The first-order chi connectivity index (χ1) is 9.64. The molecule has 1 N–H and O–H groups in total. The van der Waals surface area contributed by atoms with E-state index in [-0.39, 0.29) is 11.4 Å². The SMILES string of the molecule is C=CCOC.C=Cc1cc(O)c(C=O)nc1C=C.CC. The van der Waals surface area contributed by atoms with Crippen LogP contribution in [0.1, 0.15) is 35.6 Å². The third kappa shape index (κ3) is 7.28. The Kier molecular flexibility index (Phi) is 13.3. The average molecular weight is 277 g/mol. The van der Waals surface area contributed by atoms with Crippen molar-refractivity contribution >= 4 is 18.4 Å². The van der Waals surface area contributed by atoms with Gasteiger partial charge < -0.3 is 9.84 Å². The number of carbonyl (C=O) groups is 1. The predicted molar refractivity (Wildman–Crippen MR) is 84.9 cm³/mol. The highest BCUT2D eigenvalue weighted by Gasteiger charge is 2.05. The van der Waals surface area contributed by atoms with Crippen LogP contribution in [-0.4, -0.2) is 30.1 Å². The first-order valence-corrected chi connectivity index (χ1v) is 6.18. The van der Waals surface area contributed by atoms with Crippen molar-refractivity contribution in [3.05, 3.63) is 48.8 Å². The van der Waals surface area contributed by atoms with E-state index in [1.54, 1.807) is 13.2 Å². The number of methoxy groups -OCH3 is 1. The summed E-state index contributed by atoms with van der Waals surface area (Å²) in [5.41, 5.74) is 1.20. The number of hydrogen-bond donors (Lipinski definition) is 1. The van der Waals surface area contributed by atoms with Crippen LogP contribution >= 0.6 is 0 Å². The predicted octanol–water partition coefficient (Wildman–Crippen LogP) is 3.73. The Morgan fingerprint density at radius 2 is 1.85 bits per heavy atom. The molecule has 110 valence electrons. The molecule has 1 heterocycles. The zero-order valence-corrected chi connectivity index (χ0v) is 12.4. The molecule has 0 unspecified atom stereocenters. The lowest BCUT2D eigenvalue weighted by Gasteiger charge is -2.02. The fourth-order valence-corrected chi connectivity index (χ4v) is 1.08. The molecule has 0 radical (unpaired) electrons. The smallest absolute Gasteiger partial charge is 0.172 e. The molecule has 0 aliphatic carbocycles. The summed E-state index contributed by atoms with van der Waals surface area (Å²) in [5.74, 6) is -0.143. The fraction of sp³-hybridized carbons (Fsp3) is 0.250. The second-order valence-electron chi connectivity index (χ2n) is 3.14. The van der Waals surface area contributed by atoms with Gasteiger partial charge in [0.05, 0.1) is 12.3 Å². The number of carbonyl (C=O) groups excluding carboxylic acids is 1. The maximum absolute atomic E-state index is 10.4. The summed E-state index contributed by atoms with van der Waals surface area (Å²) in [5, 5.41) is 9.27. The molecule has 4 nitrogen and oxygen atoms in total. The second kappa shape index (κ2) is 13.2. The number of hydrogen-bond acceptors (Lipinski definition) is 4. The maximum Gasteiger partial charge on any atom is 0.172 e. The number of pyridine rings is 1. The minimum absolute atomic E-state index is 0.0144. The minimum atomic E-state index is -0.143. The van der Waals surface area contributed by atoms with Gasteiger partial charge in [-0.25, -0.2) is 4.98 Å². The molecule has 0 saturated heterocycles. The van der Waals surface area contributed by atoms with Gasteiger partial charge in [-0.3, -0.25) is 4.79 Å². The number of aldehydes is 1. The van der Waals surface area contributed by atoms with Crippen molar-refractivity contribution < 1.29 is 14.6 Å². The summed E-state index contributed by atoms with van der Waals surface area (Å²) in [6.07, 6.45) is 5.25. The average Bonchev–Trinajstić information content (AvgIpc) is 2.50. The molecule has 0 aliphatic rings. The summed E-state index contributed by atoms with van der Waals surface area (Å²) in [6, 6.07) is 1.43. The number of aromatic nitrogens is 1. The van der Waals surface area contributed by atoms with E-state index in [1.165, 1.54) is 18.2 Å². The van der Waals surface area contributed by atoms with Gasteiger partial charge in [-0.15, -0.1) is 6.58 Å². The van der Waals surface area contributed by atoms with E-state index in [1.807, 2.05) is 13.8 Å². The van der Waals surface area contributed by atoms with Crippen LogP contribution in [0.3, 0.4) is 0 Å². The lowest BCUT2D eigenvalue weighted by atomic mass is 10.1. The van der Waals surface area contributed by atoms with E-state index >= 15 is 0 Å². The quantitative estimate of drug-likeness (QED) is 0.658. The van der Waals surface area contributed by atoms with Gasteiger partial charge in [0.2, 0.25) is 0 Å². The van der Waals surface area contributed by atoms with Gasteiger partial charge in [-0.1, -0.05) is 39.2 Å². The Labute approximate surface area is 121 Å². The largest absolute Gasteiger partial charge is 0.506 e. The van der Waals surface area contributed by atoms with Gasteiger partial charge >= 0.3 is 0 Å². The summed E-state index contributed by atoms with van der Waals surface area (Å²) in [7, 11) is 1.64. The van der Waals surface area contributed by atoms with Crippen LogP contribution in [0.4, 0.5) is 0 Å². The fourth-order valence-electron chi connectivity index (χ4n) is 1.08. The van der Waals surface area contributed by atoms with E-state index < -0.39 is 0 Å². The Morgan fingerprint density at radius 3 is 2.15 bits per heavy atom. The first kappa shape index (κ1) is 20.1. The van der Waals surface area contributed by atoms with Gasteiger partial charge in [0.1, 0.15) is 11.4 Å². The number of nitrogens with zero attached hydrogens (tertiary/aromatic N) is 1. The van der Waals surface area contributed by atoms with Crippen molar-refractivity contribution in [2.45, 2.75) is 13.8 Å². The third-order valence-corrected chi connectivity index (χ3v) is 1.90. The molecular weight excluding hydrogens is 254 g/mol. The molecular formula is C16H23NO3. The molecule has 0 bridgehead atoms. The van der Waals surface area contributed by atoms with Crippen molar-refractivity contribution in [3.63, 3.8) is 0 Å². The Balaban J connectivity index is 0. The number of aromatic hydroxyl groups is 1. The lowest BCUT2D eigenvalue weighted by molar-refractivity contribution is 0.111. The second-order valence-corrected chi connectivity index (χ2v) is 3.14. The van der Waals surface area contributed by atoms with Crippen molar-refractivity contribution in [2.75, 3.05) is 13.7 Å². The molecule has 1 aromatic rings.